The van der Waals surface area contributed by atoms with Gasteiger partial charge in [0.1, 0.15) is 0 Å². The van der Waals surface area contributed by atoms with E-state index < -0.39 is 0 Å². The zero-order valence-electron chi connectivity index (χ0n) is 11.0. The van der Waals surface area contributed by atoms with E-state index >= 15 is 0 Å². The highest BCUT2D eigenvalue weighted by Gasteiger charge is 2.32. The second-order valence-electron chi connectivity index (χ2n) is 6.34. The van der Waals surface area contributed by atoms with Crippen molar-refractivity contribution in [2.75, 3.05) is 39.4 Å². The minimum Gasteiger partial charge on any atom is -0.378 e. The van der Waals surface area contributed by atoms with Crippen molar-refractivity contribution in [3.05, 3.63) is 0 Å². The molecule has 0 aromatic rings. The summed E-state index contributed by atoms with van der Waals surface area (Å²) in [7, 11) is 0. The molecule has 0 radical (unpaired) electrons. The topological polar surface area (TPSA) is 24.5 Å². The van der Waals surface area contributed by atoms with E-state index in [2.05, 4.69) is 31.0 Å². The predicted molar refractivity (Wildman–Crippen MR) is 66.6 cm³/mol. The van der Waals surface area contributed by atoms with Gasteiger partial charge in [0.2, 0.25) is 0 Å². The third kappa shape index (κ3) is 3.19. The lowest BCUT2D eigenvalue weighted by molar-refractivity contribution is 0.0637. The maximum atomic E-state index is 5.50. The second-order valence-corrected chi connectivity index (χ2v) is 6.34. The van der Waals surface area contributed by atoms with Crippen LogP contribution in [0.3, 0.4) is 0 Å². The Morgan fingerprint density at radius 1 is 1.38 bits per heavy atom. The smallest absolute Gasteiger partial charge is 0.0632 e. The number of morpholine rings is 1. The molecule has 0 spiro atoms. The molecule has 0 aromatic carbocycles. The molecule has 0 saturated carbocycles. The average molecular weight is 226 g/mol. The fourth-order valence-electron chi connectivity index (χ4n) is 2.75. The summed E-state index contributed by atoms with van der Waals surface area (Å²) in [6.07, 6.45) is 1.36. The van der Waals surface area contributed by atoms with Crippen molar-refractivity contribution in [1.29, 1.82) is 0 Å². The average Bonchev–Trinajstić information content (AvgIpc) is 2.67. The fourth-order valence-corrected chi connectivity index (χ4v) is 2.75. The van der Waals surface area contributed by atoms with Crippen molar-refractivity contribution in [2.45, 2.75) is 33.2 Å². The predicted octanol–water partition coefficient (Wildman–Crippen LogP) is 1.34. The number of hydrogen-bond acceptors (Lipinski definition) is 3. The molecule has 2 heterocycles. The van der Waals surface area contributed by atoms with E-state index in [0.717, 1.165) is 32.2 Å². The minimum absolute atomic E-state index is 0.464. The van der Waals surface area contributed by atoms with Crippen LogP contribution in [0.5, 0.6) is 0 Å². The van der Waals surface area contributed by atoms with E-state index in [1.807, 2.05) is 0 Å². The van der Waals surface area contributed by atoms with Gasteiger partial charge >= 0.3 is 0 Å². The minimum atomic E-state index is 0.464. The van der Waals surface area contributed by atoms with Gasteiger partial charge < -0.3 is 15.0 Å². The largest absolute Gasteiger partial charge is 0.378 e. The van der Waals surface area contributed by atoms with Gasteiger partial charge in [-0.05, 0) is 24.3 Å². The van der Waals surface area contributed by atoms with Gasteiger partial charge in [0.05, 0.1) is 13.2 Å². The van der Waals surface area contributed by atoms with Crippen molar-refractivity contribution in [3.8, 4) is 0 Å². The van der Waals surface area contributed by atoms with Gasteiger partial charge in [0.25, 0.3) is 0 Å². The summed E-state index contributed by atoms with van der Waals surface area (Å²) in [5.74, 6) is 0.858. The van der Waals surface area contributed by atoms with Crippen LogP contribution in [-0.4, -0.2) is 50.3 Å². The summed E-state index contributed by atoms with van der Waals surface area (Å²) in [6, 6.07) is 0.549. The van der Waals surface area contributed by atoms with Crippen LogP contribution in [0.25, 0.3) is 0 Å². The monoisotopic (exact) mass is 226 g/mol. The molecule has 2 atom stereocenters. The summed E-state index contributed by atoms with van der Waals surface area (Å²) >= 11 is 0. The Morgan fingerprint density at radius 3 is 2.75 bits per heavy atom. The van der Waals surface area contributed by atoms with Crippen LogP contribution >= 0.6 is 0 Å². The van der Waals surface area contributed by atoms with Crippen LogP contribution in [0.1, 0.15) is 27.2 Å². The molecular weight excluding hydrogens is 200 g/mol. The Labute approximate surface area is 99.5 Å². The van der Waals surface area contributed by atoms with Gasteiger partial charge in [-0.2, -0.15) is 0 Å². The number of nitrogens with one attached hydrogen (secondary N) is 1. The van der Waals surface area contributed by atoms with E-state index in [1.54, 1.807) is 0 Å². The van der Waals surface area contributed by atoms with Gasteiger partial charge in [-0.3, -0.25) is 0 Å². The molecule has 3 nitrogen and oxygen atoms in total. The highest BCUT2D eigenvalue weighted by atomic mass is 16.5. The Hall–Kier alpha value is -0.120. The normalized spacial score (nSPS) is 33.2. The van der Waals surface area contributed by atoms with Gasteiger partial charge in [-0.15, -0.1) is 0 Å². The standard InChI is InChI=1S/C13H26N2O/c1-13(2,3)11-4-6-15(8-11)9-12-10-16-7-5-14-12/h11-12,14H,4-10H2,1-3H3. The van der Waals surface area contributed by atoms with Crippen LogP contribution in [0, 0.1) is 11.3 Å². The second kappa shape index (κ2) is 5.03. The van der Waals surface area contributed by atoms with E-state index in [1.165, 1.54) is 19.5 Å². The quantitative estimate of drug-likeness (QED) is 0.769. The van der Waals surface area contributed by atoms with E-state index in [0.29, 0.717) is 11.5 Å². The molecule has 3 heteroatoms. The molecular formula is C13H26N2O. The van der Waals surface area contributed by atoms with E-state index in [-0.39, 0.29) is 0 Å². The molecule has 94 valence electrons. The number of rotatable bonds is 2. The number of likely N-dealkylation sites (tertiary alicyclic amines) is 1. The van der Waals surface area contributed by atoms with E-state index in [9.17, 15) is 0 Å². The molecule has 0 amide bonds. The number of ether oxygens (including phenoxy) is 1. The van der Waals surface area contributed by atoms with Gasteiger partial charge in [0.15, 0.2) is 0 Å². The van der Waals surface area contributed by atoms with Crippen molar-refractivity contribution in [1.82, 2.24) is 10.2 Å². The maximum Gasteiger partial charge on any atom is 0.0632 e. The number of hydrogen-bond donors (Lipinski definition) is 1. The molecule has 2 unspecified atom stereocenters. The zero-order valence-corrected chi connectivity index (χ0v) is 11.0. The lowest BCUT2D eigenvalue weighted by Crippen LogP contribution is -2.48. The Kier molecular flexibility index (Phi) is 3.88. The molecule has 0 aliphatic carbocycles. The van der Waals surface area contributed by atoms with Crippen LogP contribution in [0.15, 0.2) is 0 Å². The molecule has 2 aliphatic heterocycles. The fraction of sp³-hybridized carbons (Fsp3) is 1.00. The lowest BCUT2D eigenvalue weighted by atomic mass is 9.80. The molecule has 1 N–H and O–H groups in total. The molecule has 2 rings (SSSR count). The van der Waals surface area contributed by atoms with Gasteiger partial charge in [-0.25, -0.2) is 0 Å². The highest BCUT2D eigenvalue weighted by Crippen LogP contribution is 2.33. The Balaban J connectivity index is 1.76. The Morgan fingerprint density at radius 2 is 2.19 bits per heavy atom. The first-order valence-electron chi connectivity index (χ1n) is 6.59. The lowest BCUT2D eigenvalue weighted by Gasteiger charge is -2.30. The Bertz CT molecular complexity index is 218. The summed E-state index contributed by atoms with van der Waals surface area (Å²) in [4.78, 5) is 2.60. The molecule has 0 aromatic heterocycles. The third-order valence-corrected chi connectivity index (χ3v) is 3.97. The summed E-state index contributed by atoms with van der Waals surface area (Å²) in [6.45, 7) is 13.6. The van der Waals surface area contributed by atoms with Crippen LogP contribution in [0.2, 0.25) is 0 Å². The van der Waals surface area contributed by atoms with Crippen LogP contribution in [0.4, 0.5) is 0 Å². The van der Waals surface area contributed by atoms with Gasteiger partial charge in [0, 0.05) is 25.7 Å². The summed E-state index contributed by atoms with van der Waals surface area (Å²) < 4.78 is 5.50. The zero-order chi connectivity index (χ0) is 11.6. The summed E-state index contributed by atoms with van der Waals surface area (Å²) in [5, 5.41) is 3.53. The number of nitrogens with zero attached hydrogens (tertiary/aromatic N) is 1. The van der Waals surface area contributed by atoms with Crippen molar-refractivity contribution in [2.24, 2.45) is 11.3 Å². The molecule has 2 fully saturated rings. The molecule has 16 heavy (non-hydrogen) atoms. The maximum absolute atomic E-state index is 5.50. The van der Waals surface area contributed by atoms with Crippen molar-refractivity contribution in [3.63, 3.8) is 0 Å². The third-order valence-electron chi connectivity index (χ3n) is 3.97. The van der Waals surface area contributed by atoms with Gasteiger partial charge in [-0.1, -0.05) is 20.8 Å². The van der Waals surface area contributed by atoms with Crippen molar-refractivity contribution >= 4 is 0 Å². The molecule has 2 aliphatic rings. The van der Waals surface area contributed by atoms with Crippen molar-refractivity contribution < 1.29 is 4.74 Å². The SMILES string of the molecule is CC(C)(C)C1CCN(CC2COCCN2)C1. The first-order chi connectivity index (χ1) is 7.55. The van der Waals surface area contributed by atoms with Crippen LogP contribution in [-0.2, 0) is 4.74 Å². The summed E-state index contributed by atoms with van der Waals surface area (Å²) in [5.41, 5.74) is 0.464. The first-order valence-corrected chi connectivity index (χ1v) is 6.59. The highest BCUT2D eigenvalue weighted by molar-refractivity contribution is 4.86. The van der Waals surface area contributed by atoms with E-state index in [4.69, 9.17) is 4.74 Å². The first kappa shape index (κ1) is 12.3. The molecule has 0 bridgehead atoms. The molecule has 2 saturated heterocycles. The van der Waals surface area contributed by atoms with Crippen LogP contribution < -0.4 is 5.32 Å².